The van der Waals surface area contributed by atoms with Crippen molar-refractivity contribution in [1.82, 2.24) is 20.4 Å². The number of aromatic nitrogens is 2. The molecule has 0 saturated heterocycles. The standard InChI is InChI=1S/C20H34N4O2/c1-20(2,13-25)22-15-9-10-17-16(11-15)18(19(26)21-3)23-24(17)12-14-7-5-4-6-8-14/h14-15,22,25H,4-13H2,1-3H3,(H,21,26)/t15-/m0/s1. The molecule has 3 N–H and O–H groups in total. The molecule has 6 heteroatoms. The monoisotopic (exact) mass is 362 g/mol. The van der Waals surface area contributed by atoms with Crippen LogP contribution in [0.5, 0.6) is 0 Å². The lowest BCUT2D eigenvalue weighted by molar-refractivity contribution is 0.0955. The average molecular weight is 363 g/mol. The average Bonchev–Trinajstić information content (AvgIpc) is 2.99. The van der Waals surface area contributed by atoms with Gasteiger partial charge < -0.3 is 15.7 Å². The first kappa shape index (κ1) is 19.4. The highest BCUT2D eigenvalue weighted by Crippen LogP contribution is 2.30. The molecular weight excluding hydrogens is 328 g/mol. The molecule has 1 fully saturated rings. The van der Waals surface area contributed by atoms with Gasteiger partial charge in [-0.3, -0.25) is 9.48 Å². The van der Waals surface area contributed by atoms with Gasteiger partial charge in [0.15, 0.2) is 5.69 Å². The van der Waals surface area contributed by atoms with Crippen molar-refractivity contribution < 1.29 is 9.90 Å². The Bertz CT molecular complexity index is 632. The Morgan fingerprint density at radius 3 is 2.65 bits per heavy atom. The molecule has 2 aliphatic carbocycles. The molecule has 1 saturated carbocycles. The Morgan fingerprint density at radius 1 is 1.27 bits per heavy atom. The van der Waals surface area contributed by atoms with E-state index in [-0.39, 0.29) is 24.1 Å². The van der Waals surface area contributed by atoms with Crippen LogP contribution in [-0.2, 0) is 19.4 Å². The van der Waals surface area contributed by atoms with E-state index in [0.717, 1.165) is 31.4 Å². The van der Waals surface area contributed by atoms with Crippen molar-refractivity contribution in [2.24, 2.45) is 5.92 Å². The summed E-state index contributed by atoms with van der Waals surface area (Å²) in [7, 11) is 1.67. The maximum absolute atomic E-state index is 12.4. The number of rotatable bonds is 6. The van der Waals surface area contributed by atoms with Gasteiger partial charge in [-0.05, 0) is 51.9 Å². The van der Waals surface area contributed by atoms with Crippen LogP contribution in [-0.4, -0.2) is 46.0 Å². The van der Waals surface area contributed by atoms with Gasteiger partial charge in [-0.2, -0.15) is 5.10 Å². The minimum absolute atomic E-state index is 0.0919. The molecule has 0 radical (unpaired) electrons. The lowest BCUT2D eigenvalue weighted by atomic mass is 9.88. The van der Waals surface area contributed by atoms with Crippen molar-refractivity contribution >= 4 is 5.91 Å². The van der Waals surface area contributed by atoms with Crippen LogP contribution < -0.4 is 10.6 Å². The molecule has 0 spiro atoms. The van der Waals surface area contributed by atoms with Gasteiger partial charge in [-0.25, -0.2) is 0 Å². The molecule has 146 valence electrons. The van der Waals surface area contributed by atoms with Gasteiger partial charge >= 0.3 is 0 Å². The van der Waals surface area contributed by atoms with E-state index < -0.39 is 0 Å². The minimum Gasteiger partial charge on any atom is -0.394 e. The number of hydrogen-bond acceptors (Lipinski definition) is 4. The SMILES string of the molecule is CNC(=O)c1nn(CC2CCCCC2)c2c1C[C@@H](NC(C)(C)CO)CC2. The number of aliphatic hydroxyl groups excluding tert-OH is 1. The van der Waals surface area contributed by atoms with E-state index in [0.29, 0.717) is 11.6 Å². The van der Waals surface area contributed by atoms with Crippen molar-refractivity contribution in [3.05, 3.63) is 17.0 Å². The Hall–Kier alpha value is -1.40. The lowest BCUT2D eigenvalue weighted by Crippen LogP contribution is -2.50. The highest BCUT2D eigenvalue weighted by molar-refractivity contribution is 5.93. The summed E-state index contributed by atoms with van der Waals surface area (Å²) in [5, 5.41) is 20.6. The molecule has 0 unspecified atom stereocenters. The Labute approximate surface area is 156 Å². The molecule has 1 atom stereocenters. The zero-order valence-electron chi connectivity index (χ0n) is 16.5. The Balaban J connectivity index is 1.82. The summed E-state index contributed by atoms with van der Waals surface area (Å²) in [4.78, 5) is 12.4. The highest BCUT2D eigenvalue weighted by atomic mass is 16.3. The van der Waals surface area contributed by atoms with E-state index in [4.69, 9.17) is 5.10 Å². The molecule has 0 bridgehead atoms. The third-order valence-electron chi connectivity index (χ3n) is 5.93. The number of amides is 1. The zero-order chi connectivity index (χ0) is 18.7. The second kappa shape index (κ2) is 8.09. The van der Waals surface area contributed by atoms with Crippen LogP contribution in [0.1, 0.15) is 74.1 Å². The summed E-state index contributed by atoms with van der Waals surface area (Å²) in [5.74, 6) is 0.597. The fourth-order valence-electron chi connectivity index (χ4n) is 4.48. The number of nitrogens with zero attached hydrogens (tertiary/aromatic N) is 2. The van der Waals surface area contributed by atoms with Crippen LogP contribution in [0.2, 0.25) is 0 Å². The first-order chi connectivity index (χ1) is 12.4. The van der Waals surface area contributed by atoms with E-state index in [1.165, 1.54) is 37.8 Å². The minimum atomic E-state index is -0.312. The first-order valence-corrected chi connectivity index (χ1v) is 10.1. The van der Waals surface area contributed by atoms with E-state index in [9.17, 15) is 9.90 Å². The lowest BCUT2D eigenvalue weighted by Gasteiger charge is -2.33. The smallest absolute Gasteiger partial charge is 0.271 e. The van der Waals surface area contributed by atoms with E-state index in [1.807, 2.05) is 13.8 Å². The zero-order valence-corrected chi connectivity index (χ0v) is 16.5. The van der Waals surface area contributed by atoms with Crippen molar-refractivity contribution in [3.8, 4) is 0 Å². The summed E-state index contributed by atoms with van der Waals surface area (Å²) >= 11 is 0. The highest BCUT2D eigenvalue weighted by Gasteiger charge is 2.32. The van der Waals surface area contributed by atoms with Gasteiger partial charge in [0.05, 0.1) is 6.61 Å². The van der Waals surface area contributed by atoms with Crippen LogP contribution in [0.25, 0.3) is 0 Å². The summed E-state index contributed by atoms with van der Waals surface area (Å²) in [6.07, 6.45) is 9.29. The molecule has 0 aliphatic heterocycles. The molecule has 2 aliphatic rings. The Morgan fingerprint density at radius 2 is 2.00 bits per heavy atom. The normalized spacial score (nSPS) is 21.5. The molecule has 3 rings (SSSR count). The molecule has 1 aromatic rings. The van der Waals surface area contributed by atoms with Crippen LogP contribution >= 0.6 is 0 Å². The number of carbonyl (C=O) groups is 1. The molecule has 0 aromatic carbocycles. The predicted molar refractivity (Wildman–Crippen MR) is 102 cm³/mol. The van der Waals surface area contributed by atoms with Gasteiger partial charge in [0.1, 0.15) is 0 Å². The second-order valence-electron chi connectivity index (χ2n) is 8.67. The topological polar surface area (TPSA) is 79.2 Å². The summed E-state index contributed by atoms with van der Waals surface area (Å²) in [5.41, 5.74) is 2.62. The number of hydrogen-bond donors (Lipinski definition) is 3. The predicted octanol–water partition coefficient (Wildman–Crippen LogP) is 2.04. The van der Waals surface area contributed by atoms with E-state index >= 15 is 0 Å². The number of nitrogens with one attached hydrogen (secondary N) is 2. The van der Waals surface area contributed by atoms with Crippen molar-refractivity contribution in [1.29, 1.82) is 0 Å². The fraction of sp³-hybridized carbons (Fsp3) is 0.800. The summed E-state index contributed by atoms with van der Waals surface area (Å²) < 4.78 is 2.13. The summed E-state index contributed by atoms with van der Waals surface area (Å²) in [6, 6.07) is 0.264. The maximum Gasteiger partial charge on any atom is 0.271 e. The molecular formula is C20H34N4O2. The quantitative estimate of drug-likeness (QED) is 0.724. The van der Waals surface area contributed by atoms with Gasteiger partial charge in [-0.1, -0.05) is 19.3 Å². The van der Waals surface area contributed by atoms with Crippen LogP contribution in [0, 0.1) is 5.92 Å². The second-order valence-corrected chi connectivity index (χ2v) is 8.67. The molecule has 1 aromatic heterocycles. The van der Waals surface area contributed by atoms with Gasteiger partial charge in [-0.15, -0.1) is 0 Å². The Kier molecular flexibility index (Phi) is 6.03. The number of fused-ring (bicyclic) bond motifs is 1. The van der Waals surface area contributed by atoms with Crippen molar-refractivity contribution in [2.75, 3.05) is 13.7 Å². The van der Waals surface area contributed by atoms with Crippen LogP contribution in [0.3, 0.4) is 0 Å². The van der Waals surface area contributed by atoms with Gasteiger partial charge in [0.25, 0.3) is 5.91 Å². The van der Waals surface area contributed by atoms with Gasteiger partial charge in [0, 0.05) is 36.4 Å². The van der Waals surface area contributed by atoms with Crippen molar-refractivity contribution in [2.45, 2.75) is 83.3 Å². The van der Waals surface area contributed by atoms with Crippen LogP contribution in [0.4, 0.5) is 0 Å². The number of aliphatic hydroxyl groups is 1. The summed E-state index contributed by atoms with van der Waals surface area (Å²) in [6.45, 7) is 5.06. The fourth-order valence-corrected chi connectivity index (χ4v) is 4.48. The third-order valence-corrected chi connectivity index (χ3v) is 5.93. The van der Waals surface area contributed by atoms with E-state index in [2.05, 4.69) is 15.3 Å². The van der Waals surface area contributed by atoms with E-state index in [1.54, 1.807) is 7.05 Å². The third kappa shape index (κ3) is 4.29. The molecule has 26 heavy (non-hydrogen) atoms. The molecule has 6 nitrogen and oxygen atoms in total. The molecule has 1 heterocycles. The van der Waals surface area contributed by atoms with Gasteiger partial charge in [0.2, 0.25) is 0 Å². The van der Waals surface area contributed by atoms with Crippen LogP contribution in [0.15, 0.2) is 0 Å². The molecule has 1 amide bonds. The number of carbonyl (C=O) groups excluding carboxylic acids is 1. The maximum atomic E-state index is 12.4. The first-order valence-electron chi connectivity index (χ1n) is 10.1. The van der Waals surface area contributed by atoms with Crippen molar-refractivity contribution in [3.63, 3.8) is 0 Å². The largest absolute Gasteiger partial charge is 0.394 e.